The standard InChI is InChI=1S/C14H19ClN2O3/c1-8(2)13(14(19)20)16-7-12(18)17-11-6-4-5-10(15)9(11)3/h4-6,8,13,16H,7H2,1-3H3,(H,17,18)(H,19,20). The van der Waals surface area contributed by atoms with Gasteiger partial charge < -0.3 is 10.4 Å². The Bertz CT molecular complexity index is 503. The van der Waals surface area contributed by atoms with Crippen LogP contribution in [0.15, 0.2) is 18.2 Å². The maximum absolute atomic E-state index is 11.8. The van der Waals surface area contributed by atoms with Crippen LogP contribution in [0.5, 0.6) is 0 Å². The number of rotatable bonds is 6. The lowest BCUT2D eigenvalue weighted by Crippen LogP contribution is -2.44. The minimum atomic E-state index is -0.966. The van der Waals surface area contributed by atoms with Crippen molar-refractivity contribution in [2.45, 2.75) is 26.8 Å². The lowest BCUT2D eigenvalue weighted by Gasteiger charge is -2.18. The Balaban J connectivity index is 2.60. The van der Waals surface area contributed by atoms with Crippen LogP contribution in [0.1, 0.15) is 19.4 Å². The molecular weight excluding hydrogens is 280 g/mol. The molecule has 0 spiro atoms. The number of halogens is 1. The summed E-state index contributed by atoms with van der Waals surface area (Å²) in [5.41, 5.74) is 1.40. The molecule has 6 heteroatoms. The van der Waals surface area contributed by atoms with Crippen molar-refractivity contribution in [2.75, 3.05) is 11.9 Å². The van der Waals surface area contributed by atoms with Gasteiger partial charge in [0.25, 0.3) is 0 Å². The molecule has 1 aromatic rings. The summed E-state index contributed by atoms with van der Waals surface area (Å²) in [6, 6.07) is 4.48. The highest BCUT2D eigenvalue weighted by Gasteiger charge is 2.21. The van der Waals surface area contributed by atoms with Crippen LogP contribution in [-0.4, -0.2) is 29.6 Å². The molecule has 0 saturated carbocycles. The third kappa shape index (κ3) is 4.51. The second kappa shape index (κ2) is 7.26. The van der Waals surface area contributed by atoms with E-state index < -0.39 is 12.0 Å². The average Bonchev–Trinajstić information content (AvgIpc) is 2.34. The van der Waals surface area contributed by atoms with E-state index in [1.807, 2.05) is 0 Å². The number of hydrogen-bond acceptors (Lipinski definition) is 3. The minimum absolute atomic E-state index is 0.0684. The molecule has 0 saturated heterocycles. The highest BCUT2D eigenvalue weighted by Crippen LogP contribution is 2.22. The fourth-order valence-electron chi connectivity index (χ4n) is 1.75. The number of aliphatic carboxylic acids is 1. The second-order valence-corrected chi connectivity index (χ2v) is 5.31. The Hall–Kier alpha value is -1.59. The second-order valence-electron chi connectivity index (χ2n) is 4.90. The highest BCUT2D eigenvalue weighted by molar-refractivity contribution is 6.31. The van der Waals surface area contributed by atoms with Crippen molar-refractivity contribution in [1.29, 1.82) is 0 Å². The van der Waals surface area contributed by atoms with Crippen molar-refractivity contribution < 1.29 is 14.7 Å². The van der Waals surface area contributed by atoms with Crippen LogP contribution in [0.25, 0.3) is 0 Å². The van der Waals surface area contributed by atoms with Crippen LogP contribution in [0.3, 0.4) is 0 Å². The van der Waals surface area contributed by atoms with Crippen molar-refractivity contribution in [1.82, 2.24) is 5.32 Å². The van der Waals surface area contributed by atoms with Gasteiger partial charge in [-0.3, -0.25) is 14.9 Å². The molecule has 1 amide bonds. The fraction of sp³-hybridized carbons (Fsp3) is 0.429. The number of carbonyl (C=O) groups is 2. The van der Waals surface area contributed by atoms with Gasteiger partial charge in [0, 0.05) is 10.7 Å². The zero-order valence-corrected chi connectivity index (χ0v) is 12.5. The van der Waals surface area contributed by atoms with Crippen molar-refractivity contribution in [3.05, 3.63) is 28.8 Å². The summed E-state index contributed by atoms with van der Waals surface area (Å²) < 4.78 is 0. The Labute approximate surface area is 123 Å². The largest absolute Gasteiger partial charge is 0.480 e. The molecule has 1 unspecified atom stereocenters. The number of anilines is 1. The molecule has 0 aliphatic rings. The van der Waals surface area contributed by atoms with Gasteiger partial charge in [-0.1, -0.05) is 31.5 Å². The van der Waals surface area contributed by atoms with E-state index in [2.05, 4.69) is 10.6 Å². The third-order valence-electron chi connectivity index (χ3n) is 2.96. The predicted octanol–water partition coefficient (Wildman–Crippen LogP) is 2.29. The van der Waals surface area contributed by atoms with Crippen molar-refractivity contribution in [3.8, 4) is 0 Å². The van der Waals surface area contributed by atoms with Gasteiger partial charge in [0.15, 0.2) is 0 Å². The van der Waals surface area contributed by atoms with E-state index in [9.17, 15) is 9.59 Å². The fourth-order valence-corrected chi connectivity index (χ4v) is 1.92. The van der Waals surface area contributed by atoms with E-state index in [1.54, 1.807) is 39.0 Å². The molecule has 1 rings (SSSR count). The zero-order chi connectivity index (χ0) is 15.3. The molecule has 110 valence electrons. The Morgan fingerprint density at radius 1 is 1.35 bits per heavy atom. The first kappa shape index (κ1) is 16.5. The third-order valence-corrected chi connectivity index (χ3v) is 3.37. The van der Waals surface area contributed by atoms with E-state index in [0.717, 1.165) is 5.56 Å². The Morgan fingerprint density at radius 2 is 2.00 bits per heavy atom. The van der Waals surface area contributed by atoms with E-state index in [0.29, 0.717) is 10.7 Å². The summed E-state index contributed by atoms with van der Waals surface area (Å²) in [5, 5.41) is 15.0. The zero-order valence-electron chi connectivity index (χ0n) is 11.7. The molecule has 0 fully saturated rings. The van der Waals surface area contributed by atoms with Crippen LogP contribution in [0.4, 0.5) is 5.69 Å². The topological polar surface area (TPSA) is 78.4 Å². The van der Waals surface area contributed by atoms with Crippen LogP contribution >= 0.6 is 11.6 Å². The van der Waals surface area contributed by atoms with Gasteiger partial charge in [0.1, 0.15) is 6.04 Å². The molecule has 0 aliphatic carbocycles. The normalized spacial score (nSPS) is 12.2. The molecule has 3 N–H and O–H groups in total. The van der Waals surface area contributed by atoms with Gasteiger partial charge in [0.2, 0.25) is 5.91 Å². The number of benzene rings is 1. The molecule has 0 bridgehead atoms. The number of carboxylic acid groups (broad SMARTS) is 1. The van der Waals surface area contributed by atoms with Gasteiger partial charge in [-0.25, -0.2) is 0 Å². The summed E-state index contributed by atoms with van der Waals surface area (Å²) in [7, 11) is 0. The van der Waals surface area contributed by atoms with E-state index in [1.165, 1.54) is 0 Å². The molecule has 1 atom stereocenters. The quantitative estimate of drug-likeness (QED) is 0.753. The molecule has 0 heterocycles. The predicted molar refractivity (Wildman–Crippen MR) is 79.1 cm³/mol. The average molecular weight is 299 g/mol. The summed E-state index contributed by atoms with van der Waals surface area (Å²) in [5.74, 6) is -1.37. The number of amides is 1. The maximum Gasteiger partial charge on any atom is 0.320 e. The van der Waals surface area contributed by atoms with Gasteiger partial charge in [-0.05, 0) is 30.5 Å². The molecule has 0 radical (unpaired) electrons. The molecule has 1 aromatic carbocycles. The first-order chi connectivity index (χ1) is 9.32. The Morgan fingerprint density at radius 3 is 2.55 bits per heavy atom. The number of carboxylic acids is 1. The maximum atomic E-state index is 11.8. The van der Waals surface area contributed by atoms with E-state index >= 15 is 0 Å². The summed E-state index contributed by atoms with van der Waals surface area (Å²) in [6.45, 7) is 5.30. The molecular formula is C14H19ClN2O3. The van der Waals surface area contributed by atoms with Crippen LogP contribution < -0.4 is 10.6 Å². The van der Waals surface area contributed by atoms with Crippen molar-refractivity contribution in [2.24, 2.45) is 5.92 Å². The Kier molecular flexibility index (Phi) is 5.98. The molecule has 20 heavy (non-hydrogen) atoms. The highest BCUT2D eigenvalue weighted by atomic mass is 35.5. The van der Waals surface area contributed by atoms with Gasteiger partial charge in [-0.15, -0.1) is 0 Å². The van der Waals surface area contributed by atoms with Gasteiger partial charge in [0.05, 0.1) is 6.54 Å². The van der Waals surface area contributed by atoms with Gasteiger partial charge >= 0.3 is 5.97 Å². The van der Waals surface area contributed by atoms with E-state index in [4.69, 9.17) is 16.7 Å². The number of carbonyl (C=O) groups excluding carboxylic acids is 1. The minimum Gasteiger partial charge on any atom is -0.480 e. The molecule has 0 aliphatic heterocycles. The van der Waals surface area contributed by atoms with E-state index in [-0.39, 0.29) is 18.4 Å². The lowest BCUT2D eigenvalue weighted by molar-refractivity contribution is -0.140. The molecule has 0 aromatic heterocycles. The lowest BCUT2D eigenvalue weighted by atomic mass is 10.1. The van der Waals surface area contributed by atoms with Crippen LogP contribution in [0, 0.1) is 12.8 Å². The summed E-state index contributed by atoms with van der Waals surface area (Å²) >= 11 is 5.96. The summed E-state index contributed by atoms with van der Waals surface area (Å²) in [6.07, 6.45) is 0. The molecule has 5 nitrogen and oxygen atoms in total. The van der Waals surface area contributed by atoms with Crippen LogP contribution in [-0.2, 0) is 9.59 Å². The first-order valence-electron chi connectivity index (χ1n) is 6.34. The number of hydrogen-bond donors (Lipinski definition) is 3. The van der Waals surface area contributed by atoms with Crippen molar-refractivity contribution >= 4 is 29.2 Å². The smallest absolute Gasteiger partial charge is 0.320 e. The number of nitrogens with one attached hydrogen (secondary N) is 2. The SMILES string of the molecule is Cc1c(Cl)cccc1NC(=O)CNC(C(=O)O)C(C)C. The first-order valence-corrected chi connectivity index (χ1v) is 6.72. The van der Waals surface area contributed by atoms with Gasteiger partial charge in [-0.2, -0.15) is 0 Å². The summed E-state index contributed by atoms with van der Waals surface area (Å²) in [4.78, 5) is 22.8. The monoisotopic (exact) mass is 298 g/mol. The van der Waals surface area contributed by atoms with Crippen molar-refractivity contribution in [3.63, 3.8) is 0 Å². The van der Waals surface area contributed by atoms with Crippen LogP contribution in [0.2, 0.25) is 5.02 Å².